The van der Waals surface area contributed by atoms with Crippen LogP contribution in [0.5, 0.6) is 11.5 Å². The molecule has 2 unspecified atom stereocenters. The lowest BCUT2D eigenvalue weighted by Crippen LogP contribution is -2.57. The molecule has 1 saturated heterocycles. The maximum absolute atomic E-state index is 16.1. The Balaban J connectivity index is 1.41. The van der Waals surface area contributed by atoms with Gasteiger partial charge in [-0.05, 0) is 80.0 Å². The number of nitrogens with zero attached hydrogens (tertiary/aromatic N) is 2. The van der Waals surface area contributed by atoms with Crippen LogP contribution in [0.2, 0.25) is 0 Å². The second kappa shape index (κ2) is 11.9. The molecule has 0 spiro atoms. The SMILES string of the molecule is COc1ccc2nc3c(cc2c1)O[C@H]1CN(C(=O)[C@H](C(C)(C)C)NC(=O)O[C@@H]2CC4CC4[C@H]2CCCCC3(F)F)[C@H](C(C)=O)[C@@H]1C. The summed E-state index contributed by atoms with van der Waals surface area (Å²) in [5, 5.41) is 3.41. The molecule has 8 atom stereocenters. The first-order chi connectivity index (χ1) is 21.7. The lowest BCUT2D eigenvalue weighted by molar-refractivity contribution is -0.141. The third kappa shape index (κ3) is 6.13. The van der Waals surface area contributed by atoms with Crippen LogP contribution in [-0.4, -0.2) is 65.6 Å². The predicted octanol–water partition coefficient (Wildman–Crippen LogP) is 6.26. The van der Waals surface area contributed by atoms with Gasteiger partial charge >= 0.3 is 6.09 Å². The Bertz CT molecular complexity index is 1530. The van der Waals surface area contributed by atoms with E-state index in [2.05, 4.69) is 10.3 Å². The first-order valence-electron chi connectivity index (χ1n) is 16.5. The molecule has 2 saturated carbocycles. The van der Waals surface area contributed by atoms with E-state index in [9.17, 15) is 14.4 Å². The highest BCUT2D eigenvalue weighted by Crippen LogP contribution is 2.58. The average molecular weight is 642 g/mol. The van der Waals surface area contributed by atoms with Crippen LogP contribution >= 0.6 is 0 Å². The highest BCUT2D eigenvalue weighted by molar-refractivity contribution is 5.92. The number of hydrogen-bond acceptors (Lipinski definition) is 7. The number of aromatic nitrogens is 1. The Kier molecular flexibility index (Phi) is 8.42. The monoisotopic (exact) mass is 641 g/mol. The summed E-state index contributed by atoms with van der Waals surface area (Å²) in [6.07, 6.45) is 1.13. The van der Waals surface area contributed by atoms with Crippen LogP contribution in [-0.2, 0) is 20.2 Å². The minimum absolute atomic E-state index is 0.0250. The highest BCUT2D eigenvalue weighted by atomic mass is 19.3. The molecule has 2 aliphatic carbocycles. The Hall–Kier alpha value is -3.50. The van der Waals surface area contributed by atoms with E-state index in [4.69, 9.17) is 14.2 Å². The number of alkyl carbamates (subject to hydrolysis) is 1. The van der Waals surface area contributed by atoms with Crippen LogP contribution in [0.15, 0.2) is 24.3 Å². The average Bonchev–Trinajstić information content (AvgIpc) is 3.55. The van der Waals surface area contributed by atoms with Gasteiger partial charge in [-0.15, -0.1) is 0 Å². The minimum atomic E-state index is -3.29. The van der Waals surface area contributed by atoms with Gasteiger partial charge in [0, 0.05) is 17.7 Å². The molecule has 4 aliphatic rings. The number of nitrogens with one attached hydrogen (secondary N) is 1. The number of fused-ring (bicyclic) bond motifs is 7. The van der Waals surface area contributed by atoms with Gasteiger partial charge in [0.15, 0.2) is 11.5 Å². The normalized spacial score (nSPS) is 33.0. The van der Waals surface area contributed by atoms with Gasteiger partial charge in [0.05, 0.1) is 25.2 Å². The summed E-state index contributed by atoms with van der Waals surface area (Å²) in [7, 11) is 1.53. The van der Waals surface area contributed by atoms with Gasteiger partial charge in [-0.1, -0.05) is 34.1 Å². The van der Waals surface area contributed by atoms with Crippen LogP contribution in [0.25, 0.3) is 10.9 Å². The first-order valence-corrected chi connectivity index (χ1v) is 16.5. The van der Waals surface area contributed by atoms with Crippen molar-refractivity contribution in [3.63, 3.8) is 0 Å². The molecule has 2 bridgehead atoms. The van der Waals surface area contributed by atoms with Gasteiger partial charge in [-0.3, -0.25) is 9.59 Å². The predicted molar refractivity (Wildman–Crippen MR) is 167 cm³/mol. The van der Waals surface area contributed by atoms with Crippen molar-refractivity contribution >= 4 is 28.7 Å². The van der Waals surface area contributed by atoms with Crippen LogP contribution in [0.4, 0.5) is 13.6 Å². The molecule has 6 rings (SSSR count). The molecule has 1 N–H and O–H groups in total. The molecule has 2 aromatic rings. The Morgan fingerprint density at radius 1 is 1.09 bits per heavy atom. The van der Waals surface area contributed by atoms with E-state index in [1.807, 2.05) is 20.8 Å². The maximum atomic E-state index is 16.1. The molecule has 11 heteroatoms. The van der Waals surface area contributed by atoms with Crippen LogP contribution in [0, 0.1) is 29.1 Å². The smallest absolute Gasteiger partial charge is 0.408 e. The number of carbonyl (C=O) groups excluding carboxylic acids is 3. The second-order valence-electron chi connectivity index (χ2n) is 14.9. The van der Waals surface area contributed by atoms with E-state index in [0.29, 0.717) is 41.3 Å². The third-order valence-corrected chi connectivity index (χ3v) is 10.6. The van der Waals surface area contributed by atoms with Gasteiger partial charge < -0.3 is 24.4 Å². The van der Waals surface area contributed by atoms with Gasteiger partial charge in [0.2, 0.25) is 5.91 Å². The van der Waals surface area contributed by atoms with E-state index in [0.717, 1.165) is 12.8 Å². The highest BCUT2D eigenvalue weighted by Gasteiger charge is 2.55. The molecule has 2 amide bonds. The fourth-order valence-electron chi connectivity index (χ4n) is 8.00. The molecule has 9 nitrogen and oxygen atoms in total. The number of benzene rings is 1. The molecular weight excluding hydrogens is 596 g/mol. The summed E-state index contributed by atoms with van der Waals surface area (Å²) < 4.78 is 49.9. The number of ether oxygens (including phenoxy) is 3. The lowest BCUT2D eigenvalue weighted by Gasteiger charge is -2.35. The molecular formula is C35H45F2N3O6. The van der Waals surface area contributed by atoms with E-state index in [1.165, 1.54) is 18.9 Å². The maximum Gasteiger partial charge on any atom is 0.408 e. The number of methoxy groups -OCH3 is 1. The number of amides is 2. The number of ketones is 1. The van der Waals surface area contributed by atoms with Gasteiger partial charge in [0.25, 0.3) is 5.92 Å². The quantitative estimate of drug-likeness (QED) is 0.413. The van der Waals surface area contributed by atoms with Gasteiger partial charge in [-0.2, -0.15) is 8.78 Å². The first kappa shape index (κ1) is 32.4. The zero-order chi connectivity index (χ0) is 33.1. The fraction of sp³-hybridized carbons (Fsp3) is 0.657. The molecule has 46 heavy (non-hydrogen) atoms. The van der Waals surface area contributed by atoms with Crippen LogP contribution < -0.4 is 14.8 Å². The molecule has 2 aliphatic heterocycles. The van der Waals surface area contributed by atoms with Gasteiger partial charge in [-0.25, -0.2) is 9.78 Å². The molecule has 1 aromatic carbocycles. The largest absolute Gasteiger partial charge is 0.497 e. The van der Waals surface area contributed by atoms with Crippen molar-refractivity contribution in [2.24, 2.45) is 29.1 Å². The summed E-state index contributed by atoms with van der Waals surface area (Å²) in [4.78, 5) is 46.4. The molecule has 3 fully saturated rings. The van der Waals surface area contributed by atoms with Crippen molar-refractivity contribution in [1.29, 1.82) is 0 Å². The van der Waals surface area contributed by atoms with Crippen LogP contribution in [0.3, 0.4) is 0 Å². The van der Waals surface area contributed by atoms with Gasteiger partial charge in [0.1, 0.15) is 29.7 Å². The van der Waals surface area contributed by atoms with Crippen molar-refractivity contribution in [3.8, 4) is 11.5 Å². The van der Waals surface area contributed by atoms with Crippen molar-refractivity contribution in [3.05, 3.63) is 30.0 Å². The standard InChI is InChI=1S/C35H45F2N3O6/c1-18-28-17-40(29(18)19(2)41)32(42)31(34(3,4)5)39-33(43)46-26-15-20-14-24(20)23(26)9-7-8-12-35(36,37)30-27(45-28)16-21-13-22(44-6)10-11-25(21)38-30/h10-11,13,16,18,20,23-24,26,28-29,31H,7-9,12,14-15,17H2,1-6H3,(H,39,43)/t18-,20?,23-,24?,26-,28+,29+,31-/m1/s1. The number of halogens is 2. The number of hydrogen-bond donors (Lipinski definition) is 1. The third-order valence-electron chi connectivity index (χ3n) is 10.6. The number of Topliss-reactive ketones (excluding diaryl/α,β-unsaturated/α-hetero) is 1. The van der Waals surface area contributed by atoms with E-state index in [-0.39, 0.29) is 36.5 Å². The zero-order valence-corrected chi connectivity index (χ0v) is 27.5. The molecule has 3 heterocycles. The lowest BCUT2D eigenvalue weighted by atomic mass is 9.85. The summed E-state index contributed by atoms with van der Waals surface area (Å²) in [5.41, 5.74) is -0.780. The van der Waals surface area contributed by atoms with E-state index < -0.39 is 59.6 Å². The second-order valence-corrected chi connectivity index (χ2v) is 14.9. The number of carbonyl (C=O) groups is 3. The van der Waals surface area contributed by atoms with E-state index >= 15 is 8.78 Å². The molecule has 250 valence electrons. The summed E-state index contributed by atoms with van der Waals surface area (Å²) >= 11 is 0. The van der Waals surface area contributed by atoms with Crippen molar-refractivity contribution in [1.82, 2.24) is 15.2 Å². The zero-order valence-electron chi connectivity index (χ0n) is 27.5. The van der Waals surface area contributed by atoms with E-state index in [1.54, 1.807) is 31.2 Å². The minimum Gasteiger partial charge on any atom is -0.497 e. The number of alkyl halides is 2. The molecule has 0 radical (unpaired) electrons. The molecule has 1 aromatic heterocycles. The van der Waals surface area contributed by atoms with Crippen molar-refractivity contribution in [2.75, 3.05) is 13.7 Å². The van der Waals surface area contributed by atoms with Crippen molar-refractivity contribution in [2.45, 2.75) is 103 Å². The summed E-state index contributed by atoms with van der Waals surface area (Å²) in [6, 6.07) is 4.73. The number of rotatable bonds is 2. The number of pyridine rings is 1. The fourth-order valence-corrected chi connectivity index (χ4v) is 8.00. The summed E-state index contributed by atoms with van der Waals surface area (Å²) in [6.45, 7) is 8.69. The van der Waals surface area contributed by atoms with Crippen LogP contribution in [0.1, 0.15) is 78.8 Å². The summed E-state index contributed by atoms with van der Waals surface area (Å²) in [5.74, 6) is -3.03. The van der Waals surface area contributed by atoms with Crippen molar-refractivity contribution < 1.29 is 37.4 Å². The topological polar surface area (TPSA) is 107 Å². The Labute approximate surface area is 268 Å². The Morgan fingerprint density at radius 2 is 1.85 bits per heavy atom. The Morgan fingerprint density at radius 3 is 2.54 bits per heavy atom.